The molecule has 2 aliphatic carbocycles. The lowest BCUT2D eigenvalue weighted by Gasteiger charge is -2.37. The molecule has 0 unspecified atom stereocenters. The Balaban J connectivity index is 1.47. The highest BCUT2D eigenvalue weighted by Crippen LogP contribution is 2.47. The molecule has 3 rings (SSSR count). The largest absolute Gasteiger partial charge is 0.497 e. The maximum Gasteiger partial charge on any atom is 0.119 e. The number of nitrogens with one attached hydrogen (secondary N) is 1. The molecular weight excluding hydrogens is 254 g/mol. The van der Waals surface area contributed by atoms with Crippen LogP contribution in [0.4, 0.5) is 0 Å². The number of rotatable bonds is 6. The van der Waals surface area contributed by atoms with Crippen LogP contribution in [-0.4, -0.2) is 30.7 Å². The molecule has 3 heteroatoms. The van der Waals surface area contributed by atoms with E-state index in [1.54, 1.807) is 7.11 Å². The molecule has 0 radical (unpaired) electrons. The summed E-state index contributed by atoms with van der Waals surface area (Å²) in [7, 11) is 1.74. The first-order valence-corrected chi connectivity index (χ1v) is 8.40. The van der Waals surface area contributed by atoms with Gasteiger partial charge in [0.25, 0.3) is 0 Å². The van der Waals surface area contributed by atoms with E-state index in [9.17, 15) is 0 Å². The lowest BCUT2D eigenvalue weighted by Crippen LogP contribution is -2.43. The molecule has 2 aliphatic rings. The highest BCUT2D eigenvalue weighted by molar-refractivity contribution is 8.00. The Morgan fingerprint density at radius 1 is 1.37 bits per heavy atom. The molecule has 0 heterocycles. The Morgan fingerprint density at radius 2 is 2.16 bits per heavy atom. The molecule has 1 N–H and O–H groups in total. The number of methoxy groups -OCH3 is 1. The molecule has 0 aliphatic heterocycles. The summed E-state index contributed by atoms with van der Waals surface area (Å²) < 4.78 is 5.88. The van der Waals surface area contributed by atoms with E-state index in [1.807, 2.05) is 17.8 Å². The molecule has 0 saturated heterocycles. The first kappa shape index (κ1) is 13.3. The van der Waals surface area contributed by atoms with Crippen LogP contribution in [0.2, 0.25) is 0 Å². The van der Waals surface area contributed by atoms with Crippen molar-refractivity contribution in [2.75, 3.05) is 19.9 Å². The fraction of sp³-hybridized carbons (Fsp3) is 0.625. The number of thioether (sulfide) groups is 1. The summed E-state index contributed by atoms with van der Waals surface area (Å²) in [4.78, 5) is 0. The van der Waals surface area contributed by atoms with Gasteiger partial charge in [0.15, 0.2) is 0 Å². The van der Waals surface area contributed by atoms with Crippen LogP contribution in [0.5, 0.6) is 5.75 Å². The summed E-state index contributed by atoms with van der Waals surface area (Å²) in [6.45, 7) is 1.20. The average molecular weight is 277 g/mol. The van der Waals surface area contributed by atoms with E-state index in [0.717, 1.165) is 17.7 Å². The van der Waals surface area contributed by atoms with E-state index >= 15 is 0 Å². The van der Waals surface area contributed by atoms with Gasteiger partial charge < -0.3 is 10.1 Å². The van der Waals surface area contributed by atoms with Gasteiger partial charge in [0.1, 0.15) is 5.75 Å². The van der Waals surface area contributed by atoms with Crippen LogP contribution >= 0.6 is 11.8 Å². The van der Waals surface area contributed by atoms with Crippen molar-refractivity contribution in [3.63, 3.8) is 0 Å². The molecule has 1 aromatic rings. The third kappa shape index (κ3) is 2.92. The van der Waals surface area contributed by atoms with E-state index < -0.39 is 0 Å². The topological polar surface area (TPSA) is 21.3 Å². The first-order chi connectivity index (χ1) is 9.24. The molecule has 104 valence electrons. The van der Waals surface area contributed by atoms with Gasteiger partial charge in [0.05, 0.1) is 7.11 Å². The fourth-order valence-electron chi connectivity index (χ4n) is 2.87. The Morgan fingerprint density at radius 3 is 2.79 bits per heavy atom. The van der Waals surface area contributed by atoms with Crippen molar-refractivity contribution < 1.29 is 4.74 Å². The highest BCUT2D eigenvalue weighted by Gasteiger charge is 2.42. The summed E-state index contributed by atoms with van der Waals surface area (Å²) in [5.74, 6) is 1.70. The zero-order chi connectivity index (χ0) is 13.3. The summed E-state index contributed by atoms with van der Waals surface area (Å²) in [6.07, 6.45) is 7.59. The predicted molar refractivity (Wildman–Crippen MR) is 82.2 cm³/mol. The van der Waals surface area contributed by atoms with Gasteiger partial charge >= 0.3 is 0 Å². The van der Waals surface area contributed by atoms with Crippen LogP contribution in [0.1, 0.15) is 37.2 Å². The standard InChI is InChI=1S/C16H23NOS/c1-18-15-5-3-4-12(10-15)13-8-14(9-13)17-11-16(19-2)6-7-16/h3-5,10,13-14,17H,6-9,11H2,1-2H3. The van der Waals surface area contributed by atoms with Gasteiger partial charge in [-0.3, -0.25) is 0 Å². The van der Waals surface area contributed by atoms with Crippen molar-refractivity contribution in [1.82, 2.24) is 5.32 Å². The highest BCUT2D eigenvalue weighted by atomic mass is 32.2. The fourth-order valence-corrected chi connectivity index (χ4v) is 3.61. The normalized spacial score (nSPS) is 27.7. The quantitative estimate of drug-likeness (QED) is 0.861. The Bertz CT molecular complexity index is 438. The Labute approximate surface area is 120 Å². The lowest BCUT2D eigenvalue weighted by atomic mass is 9.76. The third-order valence-electron chi connectivity index (χ3n) is 4.66. The van der Waals surface area contributed by atoms with Gasteiger partial charge in [-0.25, -0.2) is 0 Å². The minimum atomic E-state index is 0.584. The van der Waals surface area contributed by atoms with E-state index in [1.165, 1.54) is 37.8 Å². The summed E-state index contributed by atoms with van der Waals surface area (Å²) in [5, 5.41) is 3.75. The first-order valence-electron chi connectivity index (χ1n) is 7.17. The van der Waals surface area contributed by atoms with Crippen LogP contribution in [0.15, 0.2) is 24.3 Å². The maximum absolute atomic E-state index is 5.30. The van der Waals surface area contributed by atoms with Crippen molar-refractivity contribution in [3.05, 3.63) is 29.8 Å². The molecule has 19 heavy (non-hydrogen) atoms. The van der Waals surface area contributed by atoms with Crippen molar-refractivity contribution in [1.29, 1.82) is 0 Å². The second-order valence-corrected chi connectivity index (χ2v) is 7.18. The molecule has 2 saturated carbocycles. The molecule has 2 fully saturated rings. The monoisotopic (exact) mass is 277 g/mol. The zero-order valence-corrected chi connectivity index (χ0v) is 12.6. The van der Waals surface area contributed by atoms with Crippen LogP contribution < -0.4 is 10.1 Å². The van der Waals surface area contributed by atoms with E-state index in [0.29, 0.717) is 4.75 Å². The summed E-state index contributed by atoms with van der Waals surface area (Å²) in [5.41, 5.74) is 1.43. The second-order valence-electron chi connectivity index (χ2n) is 5.91. The van der Waals surface area contributed by atoms with Crippen LogP contribution in [0.3, 0.4) is 0 Å². The molecule has 0 amide bonds. The van der Waals surface area contributed by atoms with Crippen molar-refractivity contribution >= 4 is 11.8 Å². The molecule has 2 nitrogen and oxygen atoms in total. The van der Waals surface area contributed by atoms with Crippen LogP contribution in [-0.2, 0) is 0 Å². The second kappa shape index (κ2) is 5.37. The molecule has 0 aromatic heterocycles. The number of benzene rings is 1. The predicted octanol–water partition coefficient (Wildman–Crippen LogP) is 3.43. The molecule has 0 spiro atoms. The molecule has 1 aromatic carbocycles. The average Bonchev–Trinajstić information content (AvgIpc) is 3.18. The SMILES string of the molecule is COc1cccc(C2CC(NCC3(SC)CC3)C2)c1. The summed E-state index contributed by atoms with van der Waals surface area (Å²) in [6, 6.07) is 9.26. The minimum Gasteiger partial charge on any atom is -0.497 e. The van der Waals surface area contributed by atoms with E-state index in [-0.39, 0.29) is 0 Å². The van der Waals surface area contributed by atoms with Gasteiger partial charge in [-0.05, 0) is 55.6 Å². The molecule has 0 bridgehead atoms. The van der Waals surface area contributed by atoms with E-state index in [4.69, 9.17) is 4.74 Å². The maximum atomic E-state index is 5.30. The minimum absolute atomic E-state index is 0.584. The smallest absolute Gasteiger partial charge is 0.119 e. The van der Waals surface area contributed by atoms with Gasteiger partial charge in [-0.2, -0.15) is 11.8 Å². The van der Waals surface area contributed by atoms with Gasteiger partial charge in [-0.15, -0.1) is 0 Å². The Hall–Kier alpha value is -0.670. The summed E-state index contributed by atoms with van der Waals surface area (Å²) >= 11 is 2.04. The van der Waals surface area contributed by atoms with Crippen molar-refractivity contribution in [2.24, 2.45) is 0 Å². The zero-order valence-electron chi connectivity index (χ0n) is 11.8. The van der Waals surface area contributed by atoms with Crippen LogP contribution in [0, 0.1) is 0 Å². The van der Waals surface area contributed by atoms with Gasteiger partial charge in [-0.1, -0.05) is 12.1 Å². The third-order valence-corrected chi connectivity index (χ3v) is 6.08. The van der Waals surface area contributed by atoms with Crippen molar-refractivity contribution in [3.8, 4) is 5.75 Å². The number of hydrogen-bond acceptors (Lipinski definition) is 3. The number of ether oxygens (including phenoxy) is 1. The van der Waals surface area contributed by atoms with Gasteiger partial charge in [0.2, 0.25) is 0 Å². The molecular formula is C16H23NOS. The van der Waals surface area contributed by atoms with Crippen LogP contribution in [0.25, 0.3) is 0 Å². The van der Waals surface area contributed by atoms with Crippen molar-refractivity contribution in [2.45, 2.75) is 42.4 Å². The Kier molecular flexibility index (Phi) is 3.77. The van der Waals surface area contributed by atoms with E-state index in [2.05, 4.69) is 29.8 Å². The number of hydrogen-bond donors (Lipinski definition) is 1. The lowest BCUT2D eigenvalue weighted by molar-refractivity contribution is 0.290. The van der Waals surface area contributed by atoms with Gasteiger partial charge in [0, 0.05) is 17.3 Å². The molecule has 0 atom stereocenters.